The highest BCUT2D eigenvalue weighted by Gasteiger charge is 2.30. The van der Waals surface area contributed by atoms with Crippen LogP contribution in [0.2, 0.25) is 0 Å². The van der Waals surface area contributed by atoms with Crippen molar-refractivity contribution >= 4 is 11.8 Å². The number of piperidine rings is 1. The van der Waals surface area contributed by atoms with E-state index in [0.29, 0.717) is 39.0 Å². The topological polar surface area (TPSA) is 87.5 Å². The van der Waals surface area contributed by atoms with Crippen molar-refractivity contribution < 1.29 is 9.59 Å². The van der Waals surface area contributed by atoms with E-state index in [0.717, 1.165) is 25.3 Å². The maximum atomic E-state index is 12.6. The number of nitrogens with zero attached hydrogens (tertiary/aromatic N) is 4. The van der Waals surface area contributed by atoms with Crippen molar-refractivity contribution in [2.24, 2.45) is 5.92 Å². The predicted molar refractivity (Wildman–Crippen MR) is 106 cm³/mol. The summed E-state index contributed by atoms with van der Waals surface area (Å²) in [7, 11) is 0. The van der Waals surface area contributed by atoms with Gasteiger partial charge in [0.1, 0.15) is 0 Å². The molecule has 2 amide bonds. The van der Waals surface area contributed by atoms with Crippen LogP contribution in [0, 0.1) is 5.92 Å². The van der Waals surface area contributed by atoms with Crippen molar-refractivity contribution in [1.82, 2.24) is 24.9 Å². The molecule has 2 aliphatic heterocycles. The van der Waals surface area contributed by atoms with Gasteiger partial charge in [-0.25, -0.2) is 4.68 Å². The Balaban J connectivity index is 1.49. The number of nitrogens with one attached hydrogen (secondary N) is 1. The SMILES string of the molecule is CC(C)(C)c1ccc(=O)n(CCN2CCN(C(=O)C3CCC(=O)NC3)CC2)n1. The molecule has 1 aromatic rings. The Morgan fingerprint density at radius 2 is 1.86 bits per heavy atom. The summed E-state index contributed by atoms with van der Waals surface area (Å²) in [5.74, 6) is 0.0934. The van der Waals surface area contributed by atoms with Crippen molar-refractivity contribution in [2.75, 3.05) is 39.3 Å². The summed E-state index contributed by atoms with van der Waals surface area (Å²) < 4.78 is 1.54. The monoisotopic (exact) mass is 389 g/mol. The summed E-state index contributed by atoms with van der Waals surface area (Å²) in [5.41, 5.74) is 0.725. The number of amides is 2. The molecule has 0 saturated carbocycles. The second-order valence-electron chi connectivity index (χ2n) is 8.74. The molecule has 0 aliphatic carbocycles. The Labute approximate surface area is 165 Å². The van der Waals surface area contributed by atoms with E-state index in [1.807, 2.05) is 4.90 Å². The first-order valence-corrected chi connectivity index (χ1v) is 10.1. The third-order valence-electron chi connectivity index (χ3n) is 5.56. The molecular formula is C20H31N5O3. The van der Waals surface area contributed by atoms with E-state index < -0.39 is 0 Å². The maximum absolute atomic E-state index is 12.6. The van der Waals surface area contributed by atoms with Crippen LogP contribution in [0.1, 0.15) is 39.3 Å². The highest BCUT2D eigenvalue weighted by atomic mass is 16.2. The lowest BCUT2D eigenvalue weighted by atomic mass is 9.92. The van der Waals surface area contributed by atoms with Crippen LogP contribution in [0.5, 0.6) is 0 Å². The number of hydrogen-bond donors (Lipinski definition) is 1. The van der Waals surface area contributed by atoms with Gasteiger partial charge in [-0.05, 0) is 12.5 Å². The smallest absolute Gasteiger partial charge is 0.266 e. The number of carbonyl (C=O) groups excluding carboxylic acids is 2. The zero-order valence-electron chi connectivity index (χ0n) is 17.1. The molecule has 8 nitrogen and oxygen atoms in total. The Morgan fingerprint density at radius 1 is 1.14 bits per heavy atom. The minimum atomic E-state index is -0.0972. The fourth-order valence-electron chi connectivity index (χ4n) is 3.64. The molecule has 2 aliphatic rings. The summed E-state index contributed by atoms with van der Waals surface area (Å²) in [5, 5.41) is 7.30. The second kappa shape index (κ2) is 8.43. The Hall–Kier alpha value is -2.22. The van der Waals surface area contributed by atoms with Crippen LogP contribution in [0.15, 0.2) is 16.9 Å². The van der Waals surface area contributed by atoms with Crippen LogP contribution < -0.4 is 10.9 Å². The third-order valence-corrected chi connectivity index (χ3v) is 5.56. The average Bonchev–Trinajstić information content (AvgIpc) is 2.67. The zero-order chi connectivity index (χ0) is 20.3. The molecule has 3 heterocycles. The van der Waals surface area contributed by atoms with Gasteiger partial charge in [-0.1, -0.05) is 20.8 Å². The highest BCUT2D eigenvalue weighted by Crippen LogP contribution is 2.18. The molecule has 28 heavy (non-hydrogen) atoms. The molecule has 8 heteroatoms. The van der Waals surface area contributed by atoms with Crippen LogP contribution in [-0.2, 0) is 21.5 Å². The molecule has 1 atom stereocenters. The standard InChI is InChI=1S/C20H31N5O3/c1-20(2,3)16-5-7-18(27)25(22-16)13-10-23-8-11-24(12-9-23)19(28)15-4-6-17(26)21-14-15/h5,7,15H,4,6,8-14H2,1-3H3,(H,21,26). The quantitative estimate of drug-likeness (QED) is 0.796. The lowest BCUT2D eigenvalue weighted by molar-refractivity contribution is -0.139. The lowest BCUT2D eigenvalue weighted by Crippen LogP contribution is -2.53. The Bertz CT molecular complexity index is 765. The first-order chi connectivity index (χ1) is 13.2. The number of aromatic nitrogens is 2. The summed E-state index contributed by atoms with van der Waals surface area (Å²) in [4.78, 5) is 40.2. The van der Waals surface area contributed by atoms with E-state index in [2.05, 4.69) is 36.1 Å². The summed E-state index contributed by atoms with van der Waals surface area (Å²) in [6.45, 7) is 10.9. The number of carbonyl (C=O) groups is 2. The largest absolute Gasteiger partial charge is 0.355 e. The summed E-state index contributed by atoms with van der Waals surface area (Å²) in [6.07, 6.45) is 1.08. The summed E-state index contributed by atoms with van der Waals surface area (Å²) in [6, 6.07) is 3.39. The first kappa shape index (κ1) is 20.5. The van der Waals surface area contributed by atoms with Gasteiger partial charge in [0.2, 0.25) is 11.8 Å². The molecule has 2 fully saturated rings. The van der Waals surface area contributed by atoms with Gasteiger partial charge in [0, 0.05) is 57.2 Å². The molecule has 0 spiro atoms. The van der Waals surface area contributed by atoms with E-state index in [-0.39, 0.29) is 28.7 Å². The van der Waals surface area contributed by atoms with Crippen molar-refractivity contribution in [1.29, 1.82) is 0 Å². The van der Waals surface area contributed by atoms with Gasteiger partial charge in [0.25, 0.3) is 5.56 Å². The minimum absolute atomic E-state index is 0.0354. The van der Waals surface area contributed by atoms with Crippen LogP contribution in [-0.4, -0.2) is 70.7 Å². The van der Waals surface area contributed by atoms with Crippen LogP contribution in [0.3, 0.4) is 0 Å². The molecule has 1 unspecified atom stereocenters. The van der Waals surface area contributed by atoms with E-state index in [1.165, 1.54) is 0 Å². The molecule has 0 aromatic carbocycles. The fourth-order valence-corrected chi connectivity index (χ4v) is 3.64. The number of piperazine rings is 1. The molecule has 154 valence electrons. The summed E-state index contributed by atoms with van der Waals surface area (Å²) >= 11 is 0. The molecular weight excluding hydrogens is 358 g/mol. The molecule has 2 saturated heterocycles. The van der Waals surface area contributed by atoms with E-state index in [4.69, 9.17) is 0 Å². The fraction of sp³-hybridized carbons (Fsp3) is 0.700. The predicted octanol–water partition coefficient (Wildman–Crippen LogP) is 0.211. The third kappa shape index (κ3) is 4.98. The molecule has 0 radical (unpaired) electrons. The average molecular weight is 390 g/mol. The van der Waals surface area contributed by atoms with Crippen molar-refractivity contribution in [3.8, 4) is 0 Å². The minimum Gasteiger partial charge on any atom is -0.355 e. The van der Waals surface area contributed by atoms with Gasteiger partial charge in [-0.15, -0.1) is 0 Å². The van der Waals surface area contributed by atoms with Gasteiger partial charge < -0.3 is 10.2 Å². The van der Waals surface area contributed by atoms with Gasteiger partial charge >= 0.3 is 0 Å². The maximum Gasteiger partial charge on any atom is 0.266 e. The van der Waals surface area contributed by atoms with Gasteiger partial charge in [-0.3, -0.25) is 19.3 Å². The molecule has 1 N–H and O–H groups in total. The van der Waals surface area contributed by atoms with Crippen LogP contribution >= 0.6 is 0 Å². The number of rotatable bonds is 4. The number of hydrogen-bond acceptors (Lipinski definition) is 5. The first-order valence-electron chi connectivity index (χ1n) is 10.1. The normalized spacial score (nSPS) is 21.5. The van der Waals surface area contributed by atoms with E-state index in [9.17, 15) is 14.4 Å². The lowest BCUT2D eigenvalue weighted by Gasteiger charge is -2.37. The van der Waals surface area contributed by atoms with Gasteiger partial charge in [0.15, 0.2) is 0 Å². The molecule has 1 aromatic heterocycles. The molecule has 0 bridgehead atoms. The molecule has 3 rings (SSSR count). The second-order valence-corrected chi connectivity index (χ2v) is 8.74. The zero-order valence-corrected chi connectivity index (χ0v) is 17.1. The van der Waals surface area contributed by atoms with Crippen molar-refractivity contribution in [2.45, 2.75) is 45.6 Å². The van der Waals surface area contributed by atoms with E-state index >= 15 is 0 Å². The highest BCUT2D eigenvalue weighted by molar-refractivity contribution is 5.83. The van der Waals surface area contributed by atoms with Gasteiger partial charge in [-0.2, -0.15) is 5.10 Å². The Morgan fingerprint density at radius 3 is 2.46 bits per heavy atom. The van der Waals surface area contributed by atoms with E-state index in [1.54, 1.807) is 16.8 Å². The van der Waals surface area contributed by atoms with Crippen molar-refractivity contribution in [3.05, 3.63) is 28.2 Å². The van der Waals surface area contributed by atoms with Gasteiger partial charge in [0.05, 0.1) is 18.2 Å². The Kier molecular flexibility index (Phi) is 6.17. The van der Waals surface area contributed by atoms with Crippen LogP contribution in [0.4, 0.5) is 0 Å². The van der Waals surface area contributed by atoms with Crippen molar-refractivity contribution in [3.63, 3.8) is 0 Å². The van der Waals surface area contributed by atoms with Crippen LogP contribution in [0.25, 0.3) is 0 Å².